The van der Waals surface area contributed by atoms with Crippen LogP contribution < -0.4 is 72.9 Å². The molecule has 0 saturated heterocycles. The third-order valence-electron chi connectivity index (χ3n) is 25.6. The maximum absolute atomic E-state index is 12.3. The van der Waals surface area contributed by atoms with Gasteiger partial charge in [0.05, 0.1) is 101 Å². The minimum absolute atomic E-state index is 0. The Kier molecular flexibility index (Phi) is 65.9. The Morgan fingerprint density at radius 3 is 0.879 bits per heavy atom. The summed E-state index contributed by atoms with van der Waals surface area (Å²) in [5.74, 6) is -7.25. The predicted octanol–water partition coefficient (Wildman–Crippen LogP) is 6.42. The van der Waals surface area contributed by atoms with E-state index in [2.05, 4.69) is 81.2 Å². The van der Waals surface area contributed by atoms with E-state index in [1.807, 2.05) is 48.5 Å². The third kappa shape index (κ3) is 42.9. The van der Waals surface area contributed by atoms with Crippen molar-refractivity contribution in [2.75, 3.05) is 28.4 Å². The number of aliphatic hydroxyl groups excluding tert-OH is 5. The van der Waals surface area contributed by atoms with E-state index in [0.29, 0.717) is 36.9 Å². The van der Waals surface area contributed by atoms with Crippen molar-refractivity contribution in [3.05, 3.63) is 0 Å². The molecule has 0 aromatic carbocycles. The van der Waals surface area contributed by atoms with Crippen molar-refractivity contribution in [2.45, 2.75) is 374 Å². The number of halogens is 1. The van der Waals surface area contributed by atoms with Crippen molar-refractivity contribution in [3.8, 4) is 0 Å². The van der Waals surface area contributed by atoms with Crippen LogP contribution in [0.5, 0.6) is 0 Å². The first-order valence-electron chi connectivity index (χ1n) is 45.8. The topological polar surface area (TPSA) is 587 Å². The summed E-state index contributed by atoms with van der Waals surface area (Å²) in [5, 5.41) is 79.9. The first-order valence-corrected chi connectivity index (χ1v) is 45.8. The number of ether oxygens (including phenoxy) is 7. The molecule has 132 heavy (non-hydrogen) atoms. The number of esters is 6. The van der Waals surface area contributed by atoms with Crippen molar-refractivity contribution in [1.82, 2.24) is 31.9 Å². The number of carboxylic acid groups (broad SMARTS) is 1. The normalized spacial score (nSPS) is 26.4. The summed E-state index contributed by atoms with van der Waals surface area (Å²) in [4.78, 5) is 159. The van der Waals surface area contributed by atoms with Gasteiger partial charge < -0.3 is 102 Å². The van der Waals surface area contributed by atoms with Gasteiger partial charge in [-0.2, -0.15) is 0 Å². The predicted molar refractivity (Wildman–Crippen MR) is 500 cm³/mol. The number of nitrogens with two attached hydrogens (primary N) is 2. The Morgan fingerprint density at radius 2 is 0.621 bits per heavy atom. The third-order valence-corrected chi connectivity index (χ3v) is 25.6. The second-order valence-corrected chi connectivity index (χ2v) is 36.9. The molecule has 6 amide bonds. The number of nitrogens with zero attached hydrogens (tertiary/aromatic N) is 2. The molecule has 5 saturated carbocycles. The molecular weight excluding hydrogens is 1750 g/mol. The molecular formula is C93H172ClN10NaO27. The van der Waals surface area contributed by atoms with Gasteiger partial charge >= 0.3 is 83.5 Å². The fraction of sp³-hybridized carbons (Fsp3) is 0.839. The van der Waals surface area contributed by atoms with Crippen molar-refractivity contribution < 1.29 is 161 Å². The van der Waals surface area contributed by atoms with Crippen LogP contribution in [0.3, 0.4) is 0 Å². The van der Waals surface area contributed by atoms with Gasteiger partial charge in [-0.3, -0.25) is 73.4 Å². The van der Waals surface area contributed by atoms with E-state index in [1.165, 1.54) is 70.0 Å². The van der Waals surface area contributed by atoms with Crippen molar-refractivity contribution in [3.63, 3.8) is 0 Å². The van der Waals surface area contributed by atoms with Gasteiger partial charge in [0.15, 0.2) is 0 Å². The molecule has 0 unspecified atom stereocenters. The molecule has 0 aliphatic heterocycles. The Balaban J connectivity index is -0.000000502. The van der Waals surface area contributed by atoms with Gasteiger partial charge in [-0.15, -0.1) is 12.4 Å². The largest absolute Gasteiger partial charge is 1.00 e. The summed E-state index contributed by atoms with van der Waals surface area (Å²) >= 11 is 0. The van der Waals surface area contributed by atoms with Gasteiger partial charge in [-0.25, -0.2) is 9.59 Å². The molecule has 0 heterocycles. The molecule has 0 aromatic rings. The molecule has 5 rings (SSSR count). The fourth-order valence-electron chi connectivity index (χ4n) is 19.5. The van der Waals surface area contributed by atoms with Crippen LogP contribution in [0.1, 0.15) is 284 Å². The molecule has 39 heteroatoms. The summed E-state index contributed by atoms with van der Waals surface area (Å²) in [6.07, 6.45) is 4.96. The van der Waals surface area contributed by atoms with Crippen LogP contribution in [0.4, 0.5) is 9.59 Å². The smallest absolute Gasteiger partial charge is 0.870 e. The van der Waals surface area contributed by atoms with E-state index in [1.54, 1.807) is 55.4 Å². The van der Waals surface area contributed by atoms with Crippen molar-refractivity contribution in [1.29, 1.82) is 0 Å². The molecule has 5 fully saturated rings. The maximum atomic E-state index is 12.3. The maximum Gasteiger partial charge on any atom is 1.00 e. The molecule has 5 aliphatic rings. The molecule has 0 spiro atoms. The van der Waals surface area contributed by atoms with Gasteiger partial charge in [-0.1, -0.05) is 155 Å². The standard InChI is InChI=1S/C22H39N3O6.C21H37N3O6.C16H29NO4.C15H28N2O4.C14H27NO3.C4H6O3.CH4.ClH.Na.H2O/c1-9-14(10-2)18(25-13(4)26)17-16(11-15(19(17)27)20(28)30-8)23-12(3)24-21(29)31-22(5,6)7;1-8-13(9-2)17(24-12(4)25)16-15(10-14(18(16)26)19(27)28)22-11(3)23-20(29)30-21(5,6)7;1-6-11(7-2)14(17-10(4)18)13-9(3)8-12(15(13)19)16(20)21-5;1-5-9(6-2)13(17-8(3)18)12-11(16)7-10(14(12)19)15(20)21-4;1-5-9(6-2)12(15)11-8(3)7-10(13(11)16)14(17)18-4;1-3(5)7-4(2)6;;;;/h14-19,27H,9-11H2,1-8H3,(H,25,26)(H,23,24,29);13-18,26H,8-10H2,1-7H3,(H,24,25)(H,27,28)(H,22,23,29);9,11-15,19H,6-8H2,1-5H3,(H,17,18);9-14,19H,5-7,16H2,1-4H3,(H,17,18);8-13,16H,5-7,15H2,1-4H3;1-2H3;1H4;1H;;1H2/q;;;;;;;;+1;/p-1/t15-,16+,17+,18-,19+;14-,15+,16+,17-,18+;9-,12+,13-,14+,15-;10-,11+,12+,13-,14+;8-,10+,11-,12+,13-;;;;;/m00101...../s1. The van der Waals surface area contributed by atoms with E-state index in [4.69, 9.17) is 39.9 Å². The molecule has 0 bridgehead atoms. The average molecular weight is 1920 g/mol. The van der Waals surface area contributed by atoms with Crippen LogP contribution in [-0.2, 0) is 85.9 Å². The van der Waals surface area contributed by atoms with E-state index in [0.717, 1.165) is 64.2 Å². The first kappa shape index (κ1) is 134. The van der Waals surface area contributed by atoms with Gasteiger partial charge in [-0.05, 0) is 129 Å². The molecule has 0 radical (unpaired) electrons. The molecule has 25 atom stereocenters. The van der Waals surface area contributed by atoms with Crippen LogP contribution in [0.15, 0.2) is 9.98 Å². The van der Waals surface area contributed by atoms with Gasteiger partial charge in [0.25, 0.3) is 0 Å². The number of alkyl carbamates (subject to hydrolysis) is 2. The zero-order valence-electron chi connectivity index (χ0n) is 84.2. The summed E-state index contributed by atoms with van der Waals surface area (Å²) in [7, 11) is 5.30. The number of carbonyl (C=O) groups is 13. The van der Waals surface area contributed by atoms with Gasteiger partial charge in [0.2, 0.25) is 23.6 Å². The van der Waals surface area contributed by atoms with E-state index in [9.17, 15) is 93.0 Å². The number of rotatable bonds is 31. The number of amides is 6. The Bertz CT molecular complexity index is 3470. The van der Waals surface area contributed by atoms with Gasteiger partial charge in [0, 0.05) is 107 Å². The number of aliphatic imine (C=N–C) groups is 2. The Hall–Kier alpha value is -6.78. The van der Waals surface area contributed by atoms with Crippen LogP contribution >= 0.6 is 12.4 Å². The van der Waals surface area contributed by atoms with E-state index < -0.39 is 143 Å². The van der Waals surface area contributed by atoms with Crippen molar-refractivity contribution in [2.24, 2.45) is 122 Å². The number of hydrogen-bond acceptors (Lipinski definition) is 30. The SMILES string of the molecule is C.CC(=O)OC(C)=O.CCC(CC)[C@H](N)[C@@H]1[C@H](O)[C@@H](C(=O)OC)C[C@H]1C.CCC(CC)[C@H](NC(C)=O)[C@@H]1[C@H](O)[C@@H](C(=O)O)C[C@H]1N=C(C)NC(=O)OC(C)(C)C.CCC(CC)[C@H](NC(C)=O)[C@@H]1[C@H](O)[C@@H](C(=O)OC)C[C@H]1C.CCC(CC)[C@H](NC(C)=O)[C@@H]1[C@H](O)[C@@H](C(=O)OC)C[C@H]1N.CCC(CC)[C@H](NC(C)=O)[C@@H]1[C@H](O)[C@@H](C(=O)OC)C[C@H]1N=C(C)NC(=O)OC(C)(C)C.Cl.[Na+].[OH-]. The van der Waals surface area contributed by atoms with Crippen LogP contribution in [0.25, 0.3) is 0 Å². The minimum atomic E-state index is -1.16. The van der Waals surface area contributed by atoms with E-state index in [-0.39, 0.29) is 187 Å². The van der Waals surface area contributed by atoms with Gasteiger partial charge in [0.1, 0.15) is 22.9 Å². The number of carbonyl (C=O) groups excluding carboxylic acids is 12. The number of carboxylic acids is 1. The van der Waals surface area contributed by atoms with Crippen molar-refractivity contribution >= 4 is 102 Å². The van der Waals surface area contributed by atoms with Crippen LogP contribution in [0, 0.1) is 101 Å². The fourth-order valence-corrected chi connectivity index (χ4v) is 19.5. The monoisotopic (exact) mass is 1920 g/mol. The average Bonchev–Trinajstić information content (AvgIpc) is 1.63. The molecule has 0 aromatic heterocycles. The molecule has 764 valence electrons. The zero-order valence-corrected chi connectivity index (χ0v) is 87.0. The summed E-state index contributed by atoms with van der Waals surface area (Å²) < 4.78 is 33.6. The summed E-state index contributed by atoms with van der Waals surface area (Å²) in [6, 6.07) is -2.57. The number of methoxy groups -OCH3 is 4. The van der Waals surface area contributed by atoms with Crippen LogP contribution in [-0.4, -0.2) is 244 Å². The number of amidine groups is 2. The second-order valence-electron chi connectivity index (χ2n) is 36.9. The number of hydrogen-bond donors (Lipinski definition) is 14. The second kappa shape index (κ2) is 65.1. The molecule has 5 aliphatic carbocycles. The molecule has 37 nitrogen and oxygen atoms in total. The van der Waals surface area contributed by atoms with E-state index >= 15 is 0 Å². The quantitative estimate of drug-likeness (QED) is 0.00888. The Morgan fingerprint density at radius 1 is 0.386 bits per heavy atom. The zero-order chi connectivity index (χ0) is 99.2. The number of aliphatic hydroxyl groups is 5. The minimum Gasteiger partial charge on any atom is -0.870 e. The number of nitrogens with one attached hydrogen (secondary N) is 6. The summed E-state index contributed by atoms with van der Waals surface area (Å²) in [6.45, 7) is 46.5. The summed E-state index contributed by atoms with van der Waals surface area (Å²) in [5.41, 5.74) is 11.1. The first-order chi connectivity index (χ1) is 59.5. The Labute approximate surface area is 814 Å². The number of aliphatic carboxylic acids is 1. The van der Waals surface area contributed by atoms with Crippen LogP contribution in [0.2, 0.25) is 0 Å². The molecule has 17 N–H and O–H groups in total.